The second kappa shape index (κ2) is 5.96. The summed E-state index contributed by atoms with van der Waals surface area (Å²) in [6, 6.07) is 11.8. The Kier molecular flexibility index (Phi) is 3.58. The fraction of sp³-hybridized carbons (Fsp3) is 0.263. The number of likely N-dealkylation sites (N-methyl/N-ethyl adjacent to an activating group) is 1. The predicted molar refractivity (Wildman–Crippen MR) is 107 cm³/mol. The van der Waals surface area contributed by atoms with Crippen LogP contribution in [0.4, 0.5) is 5.69 Å². The lowest BCUT2D eigenvalue weighted by molar-refractivity contribution is 0.313. The van der Waals surface area contributed by atoms with Crippen LogP contribution in [-0.4, -0.2) is 53.1 Å². The summed E-state index contributed by atoms with van der Waals surface area (Å²) in [5, 5.41) is 0. The highest BCUT2D eigenvalue weighted by molar-refractivity contribution is 7.22. The number of rotatable bonds is 2. The van der Waals surface area contributed by atoms with Gasteiger partial charge in [0.05, 0.1) is 26.1 Å². The van der Waals surface area contributed by atoms with Gasteiger partial charge in [-0.3, -0.25) is 4.79 Å². The molecule has 0 saturated carbocycles. The maximum Gasteiger partial charge on any atom is 0.248 e. The molecule has 1 saturated heterocycles. The summed E-state index contributed by atoms with van der Waals surface area (Å²) in [6.07, 6.45) is 0. The first-order valence-electron chi connectivity index (χ1n) is 8.72. The predicted octanol–water partition coefficient (Wildman–Crippen LogP) is 2.88. The summed E-state index contributed by atoms with van der Waals surface area (Å²) in [5.41, 5.74) is 4.02. The first-order valence-corrected chi connectivity index (χ1v) is 9.54. The topological polar surface area (TPSA) is 68.0 Å². The van der Waals surface area contributed by atoms with Gasteiger partial charge in [0.1, 0.15) is 5.82 Å². The fourth-order valence-corrected chi connectivity index (χ4v) is 4.41. The molecule has 0 atom stereocenters. The number of imidazole rings is 1. The summed E-state index contributed by atoms with van der Waals surface area (Å²) in [5.74, 6) is 0.845. The number of fused-ring (bicyclic) bond motifs is 2. The molecule has 6 nitrogen and oxygen atoms in total. The number of H-pyrrole nitrogens is 2. The van der Waals surface area contributed by atoms with Crippen LogP contribution < -0.4 is 10.5 Å². The third kappa shape index (κ3) is 2.69. The standard InChI is InChI=1S/C19H19N5OS/c1-23-6-8-24(9-7-23)12-2-3-13-14(10-12)22-19(21-13)17-11-15-16(26-17)4-5-18(25)20-15/h2-5,10-11H,6-9H2,1H3,(H,20,25)(H,21,22). The van der Waals surface area contributed by atoms with Crippen molar-refractivity contribution in [3.8, 4) is 10.7 Å². The zero-order chi connectivity index (χ0) is 17.7. The number of aromatic amines is 2. The maximum atomic E-state index is 11.5. The van der Waals surface area contributed by atoms with Gasteiger partial charge >= 0.3 is 0 Å². The molecule has 0 radical (unpaired) electrons. The Morgan fingerprint density at radius 2 is 1.85 bits per heavy atom. The molecule has 0 bridgehead atoms. The first kappa shape index (κ1) is 15.6. The van der Waals surface area contributed by atoms with Crippen molar-refractivity contribution in [1.82, 2.24) is 19.9 Å². The quantitative estimate of drug-likeness (QED) is 0.573. The third-order valence-corrected chi connectivity index (χ3v) is 6.08. The summed E-state index contributed by atoms with van der Waals surface area (Å²) in [4.78, 5) is 28.4. The lowest BCUT2D eigenvalue weighted by atomic mass is 10.2. The Labute approximate surface area is 154 Å². The van der Waals surface area contributed by atoms with E-state index in [0.29, 0.717) is 0 Å². The van der Waals surface area contributed by atoms with E-state index in [1.807, 2.05) is 12.1 Å². The van der Waals surface area contributed by atoms with Gasteiger partial charge in [0.2, 0.25) is 5.56 Å². The van der Waals surface area contributed by atoms with E-state index in [9.17, 15) is 4.79 Å². The second-order valence-corrected chi connectivity index (χ2v) is 7.87. The largest absolute Gasteiger partial charge is 0.369 e. The molecular formula is C19H19N5OS. The molecule has 132 valence electrons. The SMILES string of the molecule is CN1CCN(c2ccc3nc(-c4cc5[nH]c(=O)ccc5s4)[nH]c3c2)CC1. The summed E-state index contributed by atoms with van der Waals surface area (Å²) in [7, 11) is 2.17. The number of anilines is 1. The van der Waals surface area contributed by atoms with E-state index in [-0.39, 0.29) is 5.56 Å². The van der Waals surface area contributed by atoms with E-state index in [1.165, 1.54) is 5.69 Å². The van der Waals surface area contributed by atoms with Crippen LogP contribution >= 0.6 is 11.3 Å². The fourth-order valence-electron chi connectivity index (χ4n) is 3.44. The molecule has 1 aliphatic heterocycles. The van der Waals surface area contributed by atoms with Gasteiger partial charge < -0.3 is 19.8 Å². The molecule has 7 heteroatoms. The zero-order valence-corrected chi connectivity index (χ0v) is 15.3. The number of hydrogen-bond acceptors (Lipinski definition) is 5. The smallest absolute Gasteiger partial charge is 0.248 e. The number of aromatic nitrogens is 3. The number of pyridine rings is 1. The van der Waals surface area contributed by atoms with Gasteiger partial charge in [-0.15, -0.1) is 11.3 Å². The van der Waals surface area contributed by atoms with Gasteiger partial charge in [-0.25, -0.2) is 4.98 Å². The summed E-state index contributed by atoms with van der Waals surface area (Å²) < 4.78 is 1.05. The van der Waals surface area contributed by atoms with Crippen LogP contribution in [0.3, 0.4) is 0 Å². The Hall–Kier alpha value is -2.64. The molecule has 5 rings (SSSR count). The number of hydrogen-bond donors (Lipinski definition) is 2. The van der Waals surface area contributed by atoms with Crippen molar-refractivity contribution in [3.63, 3.8) is 0 Å². The maximum absolute atomic E-state index is 11.5. The Balaban J connectivity index is 1.51. The van der Waals surface area contributed by atoms with Crippen LogP contribution in [0.5, 0.6) is 0 Å². The zero-order valence-electron chi connectivity index (χ0n) is 14.5. The molecule has 0 aliphatic carbocycles. The van der Waals surface area contributed by atoms with Crippen LogP contribution in [0, 0.1) is 0 Å². The minimum Gasteiger partial charge on any atom is -0.369 e. The summed E-state index contributed by atoms with van der Waals surface area (Å²) >= 11 is 1.63. The molecular weight excluding hydrogens is 346 g/mol. The highest BCUT2D eigenvalue weighted by atomic mass is 32.1. The number of piperazine rings is 1. The molecule has 3 aromatic heterocycles. The first-order chi connectivity index (χ1) is 12.7. The molecule has 0 spiro atoms. The van der Waals surface area contributed by atoms with Crippen molar-refractivity contribution in [2.75, 3.05) is 38.1 Å². The highest BCUT2D eigenvalue weighted by Crippen LogP contribution is 2.32. The lowest BCUT2D eigenvalue weighted by Crippen LogP contribution is -2.44. The Bertz CT molecular complexity index is 1150. The van der Waals surface area contributed by atoms with Crippen molar-refractivity contribution in [2.45, 2.75) is 0 Å². The minimum atomic E-state index is -0.0803. The van der Waals surface area contributed by atoms with Gasteiger partial charge in [-0.05, 0) is 37.4 Å². The summed E-state index contributed by atoms with van der Waals surface area (Å²) in [6.45, 7) is 4.28. The van der Waals surface area contributed by atoms with E-state index in [0.717, 1.165) is 58.1 Å². The number of benzene rings is 1. The van der Waals surface area contributed by atoms with Gasteiger partial charge in [0.25, 0.3) is 0 Å². The van der Waals surface area contributed by atoms with E-state index in [2.05, 4.69) is 45.0 Å². The van der Waals surface area contributed by atoms with Crippen molar-refractivity contribution in [3.05, 3.63) is 46.8 Å². The third-order valence-electron chi connectivity index (χ3n) is 4.97. The van der Waals surface area contributed by atoms with Crippen molar-refractivity contribution in [1.29, 1.82) is 0 Å². The molecule has 1 aliphatic rings. The molecule has 0 unspecified atom stereocenters. The number of thiophene rings is 1. The van der Waals surface area contributed by atoms with E-state index in [4.69, 9.17) is 4.98 Å². The Morgan fingerprint density at radius 3 is 2.69 bits per heavy atom. The number of nitrogens with one attached hydrogen (secondary N) is 2. The van der Waals surface area contributed by atoms with Crippen molar-refractivity contribution >= 4 is 38.3 Å². The van der Waals surface area contributed by atoms with Gasteiger partial charge in [0, 0.05) is 37.9 Å². The van der Waals surface area contributed by atoms with Crippen LogP contribution in [0.15, 0.2) is 41.2 Å². The van der Waals surface area contributed by atoms with Gasteiger partial charge in [-0.2, -0.15) is 0 Å². The van der Waals surface area contributed by atoms with Crippen LogP contribution in [-0.2, 0) is 0 Å². The molecule has 1 aromatic carbocycles. The van der Waals surface area contributed by atoms with Crippen LogP contribution in [0.25, 0.3) is 32.0 Å². The number of nitrogens with zero attached hydrogens (tertiary/aromatic N) is 3. The molecule has 1 fully saturated rings. The van der Waals surface area contributed by atoms with Crippen LogP contribution in [0.2, 0.25) is 0 Å². The average molecular weight is 365 g/mol. The highest BCUT2D eigenvalue weighted by Gasteiger charge is 2.16. The molecule has 0 amide bonds. The minimum absolute atomic E-state index is 0.0803. The van der Waals surface area contributed by atoms with Crippen molar-refractivity contribution < 1.29 is 0 Å². The molecule has 4 heterocycles. The monoisotopic (exact) mass is 365 g/mol. The van der Waals surface area contributed by atoms with E-state index >= 15 is 0 Å². The van der Waals surface area contributed by atoms with Gasteiger partial charge in [0.15, 0.2) is 0 Å². The average Bonchev–Trinajstić information content (AvgIpc) is 3.24. The second-order valence-electron chi connectivity index (χ2n) is 6.79. The van der Waals surface area contributed by atoms with Crippen LogP contribution in [0.1, 0.15) is 0 Å². The van der Waals surface area contributed by atoms with Crippen molar-refractivity contribution in [2.24, 2.45) is 0 Å². The lowest BCUT2D eigenvalue weighted by Gasteiger charge is -2.34. The normalized spacial score (nSPS) is 16.0. The van der Waals surface area contributed by atoms with Gasteiger partial charge in [-0.1, -0.05) is 0 Å². The van der Waals surface area contributed by atoms with E-state index in [1.54, 1.807) is 17.4 Å². The molecule has 26 heavy (non-hydrogen) atoms. The molecule has 2 N–H and O–H groups in total. The Morgan fingerprint density at radius 1 is 1.00 bits per heavy atom. The van der Waals surface area contributed by atoms with E-state index < -0.39 is 0 Å². The molecule has 4 aromatic rings.